The smallest absolute Gasteiger partial charge is 0.320 e. The van der Waals surface area contributed by atoms with E-state index < -0.39 is 23.9 Å². The monoisotopic (exact) mass is 161 g/mol. The van der Waals surface area contributed by atoms with Gasteiger partial charge in [0.2, 0.25) is 0 Å². The number of carboxylic acid groups (broad SMARTS) is 2. The fourth-order valence-electron chi connectivity index (χ4n) is 0.583. The highest BCUT2D eigenvalue weighted by Gasteiger charge is 2.19. The van der Waals surface area contributed by atoms with Crippen LogP contribution >= 0.6 is 0 Å². The predicted molar refractivity (Wildman–Crippen MR) is 37.0 cm³/mol. The zero-order valence-corrected chi connectivity index (χ0v) is 6.15. The van der Waals surface area contributed by atoms with E-state index in [-0.39, 0.29) is 6.42 Å². The highest BCUT2D eigenvalue weighted by molar-refractivity contribution is 5.75. The molecule has 0 heterocycles. The first-order valence-electron chi connectivity index (χ1n) is 3.16. The van der Waals surface area contributed by atoms with Crippen molar-refractivity contribution in [2.45, 2.75) is 19.4 Å². The number of nitrogens with two attached hydrogens (primary N) is 1. The van der Waals surface area contributed by atoms with Gasteiger partial charge in [-0.05, 0) is 6.42 Å². The molecular weight excluding hydrogens is 150 g/mol. The Labute approximate surface area is 63.8 Å². The molecule has 0 spiro atoms. The molecule has 0 aromatic heterocycles. The summed E-state index contributed by atoms with van der Waals surface area (Å²) in [5, 5.41) is 16.7. The van der Waals surface area contributed by atoms with Gasteiger partial charge in [-0.1, -0.05) is 6.92 Å². The van der Waals surface area contributed by atoms with Gasteiger partial charge < -0.3 is 15.9 Å². The molecule has 5 nitrogen and oxygen atoms in total. The fraction of sp³-hybridized carbons (Fsp3) is 0.667. The molecule has 2 atom stereocenters. The maximum atomic E-state index is 10.2. The average molecular weight is 161 g/mol. The summed E-state index contributed by atoms with van der Waals surface area (Å²) in [7, 11) is 0. The van der Waals surface area contributed by atoms with Crippen LogP contribution in [-0.4, -0.2) is 28.2 Å². The van der Waals surface area contributed by atoms with Crippen molar-refractivity contribution >= 4 is 11.9 Å². The SMILES string of the molecule is C[C@H](C[C@@H](N)C(=O)O)C(=O)O. The molecule has 11 heavy (non-hydrogen) atoms. The van der Waals surface area contributed by atoms with E-state index in [4.69, 9.17) is 15.9 Å². The Morgan fingerprint density at radius 3 is 2.09 bits per heavy atom. The van der Waals surface area contributed by atoms with E-state index >= 15 is 0 Å². The Kier molecular flexibility index (Phi) is 3.53. The number of carboxylic acids is 2. The van der Waals surface area contributed by atoms with Gasteiger partial charge in [-0.3, -0.25) is 9.59 Å². The van der Waals surface area contributed by atoms with Crippen molar-refractivity contribution in [3.05, 3.63) is 0 Å². The molecule has 0 saturated heterocycles. The Morgan fingerprint density at radius 2 is 1.82 bits per heavy atom. The van der Waals surface area contributed by atoms with Crippen LogP contribution in [-0.2, 0) is 9.59 Å². The van der Waals surface area contributed by atoms with Crippen molar-refractivity contribution in [1.82, 2.24) is 0 Å². The predicted octanol–water partition coefficient (Wildman–Crippen LogP) is -0.491. The summed E-state index contributed by atoms with van der Waals surface area (Å²) in [4.78, 5) is 20.3. The largest absolute Gasteiger partial charge is 0.481 e. The lowest BCUT2D eigenvalue weighted by Gasteiger charge is -2.08. The highest BCUT2D eigenvalue weighted by Crippen LogP contribution is 2.04. The van der Waals surface area contributed by atoms with Crippen LogP contribution in [0, 0.1) is 5.92 Å². The minimum absolute atomic E-state index is 0.0370. The van der Waals surface area contributed by atoms with Crippen molar-refractivity contribution in [3.63, 3.8) is 0 Å². The third kappa shape index (κ3) is 3.57. The first-order valence-corrected chi connectivity index (χ1v) is 3.16. The molecule has 0 aromatic rings. The molecule has 0 radical (unpaired) electrons. The number of carbonyl (C=O) groups is 2. The third-order valence-electron chi connectivity index (χ3n) is 1.35. The van der Waals surface area contributed by atoms with Crippen molar-refractivity contribution < 1.29 is 19.8 Å². The second-order valence-electron chi connectivity index (χ2n) is 2.42. The second kappa shape index (κ2) is 3.92. The zero-order valence-electron chi connectivity index (χ0n) is 6.15. The van der Waals surface area contributed by atoms with Crippen LogP contribution < -0.4 is 5.73 Å². The van der Waals surface area contributed by atoms with E-state index in [2.05, 4.69) is 0 Å². The van der Waals surface area contributed by atoms with Crippen LogP contribution in [0.3, 0.4) is 0 Å². The van der Waals surface area contributed by atoms with Gasteiger partial charge in [0.1, 0.15) is 6.04 Å². The quantitative estimate of drug-likeness (QED) is 0.516. The van der Waals surface area contributed by atoms with Gasteiger partial charge in [-0.15, -0.1) is 0 Å². The van der Waals surface area contributed by atoms with E-state index in [1.807, 2.05) is 0 Å². The molecule has 5 heteroatoms. The molecule has 0 amide bonds. The third-order valence-corrected chi connectivity index (χ3v) is 1.35. The number of rotatable bonds is 4. The molecule has 64 valence electrons. The average Bonchev–Trinajstić information content (AvgIpc) is 1.87. The Balaban J connectivity index is 3.84. The normalized spacial score (nSPS) is 15.5. The summed E-state index contributed by atoms with van der Waals surface area (Å²) in [6, 6.07) is -1.08. The highest BCUT2D eigenvalue weighted by atomic mass is 16.4. The van der Waals surface area contributed by atoms with Crippen molar-refractivity contribution in [1.29, 1.82) is 0 Å². The summed E-state index contributed by atoms with van der Waals surface area (Å²) in [5.74, 6) is -2.90. The van der Waals surface area contributed by atoms with Gasteiger partial charge in [0.15, 0.2) is 0 Å². The van der Waals surface area contributed by atoms with Crippen molar-refractivity contribution in [2.24, 2.45) is 11.7 Å². The molecule has 4 N–H and O–H groups in total. The molecule has 0 aliphatic carbocycles. The summed E-state index contributed by atoms with van der Waals surface area (Å²) < 4.78 is 0. The molecule has 0 aliphatic heterocycles. The number of aliphatic carboxylic acids is 2. The summed E-state index contributed by atoms with van der Waals surface area (Å²) in [5.41, 5.74) is 5.09. The Bertz CT molecular complexity index is 150. The van der Waals surface area contributed by atoms with Crippen LogP contribution in [0.25, 0.3) is 0 Å². The van der Waals surface area contributed by atoms with E-state index in [1.165, 1.54) is 6.92 Å². The molecule has 0 saturated carbocycles. The number of hydrogen-bond donors (Lipinski definition) is 3. The molecular formula is C6H11NO4. The topological polar surface area (TPSA) is 101 Å². The summed E-state index contributed by atoms with van der Waals surface area (Å²) >= 11 is 0. The lowest BCUT2D eigenvalue weighted by Crippen LogP contribution is -2.33. The molecule has 0 bridgehead atoms. The first kappa shape index (κ1) is 9.90. The second-order valence-corrected chi connectivity index (χ2v) is 2.42. The first-order chi connectivity index (χ1) is 4.95. The Morgan fingerprint density at radius 1 is 1.36 bits per heavy atom. The van der Waals surface area contributed by atoms with Gasteiger partial charge in [-0.25, -0.2) is 0 Å². The minimum atomic E-state index is -1.17. The van der Waals surface area contributed by atoms with Gasteiger partial charge in [0.05, 0.1) is 5.92 Å². The van der Waals surface area contributed by atoms with E-state index in [1.54, 1.807) is 0 Å². The van der Waals surface area contributed by atoms with Crippen LogP contribution in [0.4, 0.5) is 0 Å². The maximum absolute atomic E-state index is 10.2. The number of hydrogen-bond acceptors (Lipinski definition) is 3. The molecule has 0 rings (SSSR count). The van der Waals surface area contributed by atoms with Crippen molar-refractivity contribution in [3.8, 4) is 0 Å². The molecule has 0 fully saturated rings. The van der Waals surface area contributed by atoms with Gasteiger partial charge in [0.25, 0.3) is 0 Å². The van der Waals surface area contributed by atoms with E-state index in [9.17, 15) is 9.59 Å². The summed E-state index contributed by atoms with van der Waals surface area (Å²) in [6.07, 6.45) is -0.0370. The van der Waals surface area contributed by atoms with Crippen LogP contribution in [0.5, 0.6) is 0 Å². The Hall–Kier alpha value is -1.10. The van der Waals surface area contributed by atoms with E-state index in [0.717, 1.165) is 0 Å². The van der Waals surface area contributed by atoms with Crippen molar-refractivity contribution in [2.75, 3.05) is 0 Å². The minimum Gasteiger partial charge on any atom is -0.481 e. The zero-order chi connectivity index (χ0) is 9.02. The van der Waals surface area contributed by atoms with Gasteiger partial charge in [0, 0.05) is 0 Å². The standard InChI is InChI=1S/C6H11NO4/c1-3(5(8)9)2-4(7)6(10)11/h3-4H,2,7H2,1H3,(H,8,9)(H,10,11)/t3-,4-/m1/s1. The molecule has 0 aliphatic rings. The molecule has 0 aromatic carbocycles. The fourth-order valence-corrected chi connectivity index (χ4v) is 0.583. The molecule has 0 unspecified atom stereocenters. The van der Waals surface area contributed by atoms with Crippen LogP contribution in [0.1, 0.15) is 13.3 Å². The van der Waals surface area contributed by atoms with Crippen LogP contribution in [0.15, 0.2) is 0 Å². The maximum Gasteiger partial charge on any atom is 0.320 e. The lowest BCUT2D eigenvalue weighted by molar-refractivity contribution is -0.143. The summed E-state index contributed by atoms with van der Waals surface area (Å²) in [6.45, 7) is 1.42. The van der Waals surface area contributed by atoms with Crippen LogP contribution in [0.2, 0.25) is 0 Å². The lowest BCUT2D eigenvalue weighted by atomic mass is 10.0. The van der Waals surface area contributed by atoms with E-state index in [0.29, 0.717) is 0 Å². The van der Waals surface area contributed by atoms with Gasteiger partial charge >= 0.3 is 11.9 Å². The van der Waals surface area contributed by atoms with Gasteiger partial charge in [-0.2, -0.15) is 0 Å².